The Balaban J connectivity index is 1.78. The molecule has 1 heterocycles. The standard InChI is InChI=1S/C16H22N4OS/c1-16(2,3)22-10-15(21)18-8-13-4-6-14(7-5-13)9-20-12-17-11-19-20/h4-7,11-12H,8-10H2,1-3H3,(H,18,21). The molecule has 0 saturated carbocycles. The summed E-state index contributed by atoms with van der Waals surface area (Å²) in [6.45, 7) is 7.60. The summed E-state index contributed by atoms with van der Waals surface area (Å²) in [5.74, 6) is 0.570. The molecule has 1 aromatic heterocycles. The predicted octanol–water partition coefficient (Wildman–Crippen LogP) is 2.47. The lowest BCUT2D eigenvalue weighted by Gasteiger charge is -2.17. The molecule has 6 heteroatoms. The summed E-state index contributed by atoms with van der Waals surface area (Å²) in [4.78, 5) is 15.7. The average molecular weight is 318 g/mol. The number of carbonyl (C=O) groups excluding carboxylic acids is 1. The van der Waals surface area contributed by atoms with Crippen molar-refractivity contribution in [2.45, 2.75) is 38.6 Å². The smallest absolute Gasteiger partial charge is 0.230 e. The molecule has 22 heavy (non-hydrogen) atoms. The van der Waals surface area contributed by atoms with E-state index in [0.29, 0.717) is 18.8 Å². The Labute approximate surface area is 135 Å². The Hall–Kier alpha value is -1.82. The van der Waals surface area contributed by atoms with E-state index in [1.165, 1.54) is 6.33 Å². The molecule has 118 valence electrons. The van der Waals surface area contributed by atoms with E-state index >= 15 is 0 Å². The first-order chi connectivity index (χ1) is 10.4. The summed E-state index contributed by atoms with van der Waals surface area (Å²) in [6.07, 6.45) is 3.22. The first-order valence-corrected chi connectivity index (χ1v) is 8.22. The van der Waals surface area contributed by atoms with Crippen LogP contribution in [0, 0.1) is 0 Å². The van der Waals surface area contributed by atoms with E-state index in [2.05, 4.69) is 36.2 Å². The molecule has 0 bridgehead atoms. The van der Waals surface area contributed by atoms with Crippen molar-refractivity contribution in [3.05, 3.63) is 48.0 Å². The third-order valence-electron chi connectivity index (χ3n) is 2.96. The molecule has 2 rings (SSSR count). The Morgan fingerprint density at radius 2 is 1.91 bits per heavy atom. The molecule has 0 spiro atoms. The zero-order valence-electron chi connectivity index (χ0n) is 13.2. The number of aromatic nitrogens is 3. The second-order valence-electron chi connectivity index (χ2n) is 6.09. The minimum absolute atomic E-state index is 0.0756. The third-order valence-corrected chi connectivity index (χ3v) is 4.23. The van der Waals surface area contributed by atoms with Gasteiger partial charge < -0.3 is 5.32 Å². The first kappa shape index (κ1) is 16.5. The number of carbonyl (C=O) groups is 1. The number of hydrogen-bond donors (Lipinski definition) is 1. The number of nitrogens with zero attached hydrogens (tertiary/aromatic N) is 3. The maximum absolute atomic E-state index is 11.8. The molecule has 2 aromatic rings. The second-order valence-corrected chi connectivity index (χ2v) is 7.89. The van der Waals surface area contributed by atoms with Crippen LogP contribution in [-0.4, -0.2) is 31.2 Å². The summed E-state index contributed by atoms with van der Waals surface area (Å²) in [6, 6.07) is 8.16. The molecule has 0 atom stereocenters. The fourth-order valence-corrected chi connectivity index (χ4v) is 2.46. The van der Waals surface area contributed by atoms with Crippen molar-refractivity contribution in [1.82, 2.24) is 20.1 Å². The van der Waals surface area contributed by atoms with Crippen molar-refractivity contribution < 1.29 is 4.79 Å². The van der Waals surface area contributed by atoms with Gasteiger partial charge in [0.15, 0.2) is 0 Å². The minimum atomic E-state index is 0.0756. The summed E-state index contributed by atoms with van der Waals surface area (Å²) >= 11 is 1.65. The van der Waals surface area contributed by atoms with Crippen molar-refractivity contribution in [2.75, 3.05) is 5.75 Å². The van der Waals surface area contributed by atoms with Crippen molar-refractivity contribution in [3.63, 3.8) is 0 Å². The Kier molecular flexibility index (Phi) is 5.60. The maximum atomic E-state index is 11.8. The quantitative estimate of drug-likeness (QED) is 0.889. The predicted molar refractivity (Wildman–Crippen MR) is 89.6 cm³/mol. The number of hydrogen-bond acceptors (Lipinski definition) is 4. The Morgan fingerprint density at radius 3 is 2.50 bits per heavy atom. The normalized spacial score (nSPS) is 11.4. The zero-order chi connectivity index (χ0) is 16.0. The lowest BCUT2D eigenvalue weighted by molar-refractivity contribution is -0.118. The fourth-order valence-electron chi connectivity index (χ4n) is 1.80. The van der Waals surface area contributed by atoms with Crippen molar-refractivity contribution in [3.8, 4) is 0 Å². The molecule has 1 N–H and O–H groups in total. The van der Waals surface area contributed by atoms with Gasteiger partial charge in [-0.05, 0) is 11.1 Å². The minimum Gasteiger partial charge on any atom is -0.351 e. The van der Waals surface area contributed by atoms with E-state index in [1.54, 1.807) is 22.8 Å². The second kappa shape index (κ2) is 7.45. The van der Waals surface area contributed by atoms with E-state index in [9.17, 15) is 4.79 Å². The van der Waals surface area contributed by atoms with Crippen molar-refractivity contribution >= 4 is 17.7 Å². The first-order valence-electron chi connectivity index (χ1n) is 7.23. The van der Waals surface area contributed by atoms with Crippen LogP contribution >= 0.6 is 11.8 Å². The third kappa shape index (κ3) is 5.89. The molecule has 0 fully saturated rings. The van der Waals surface area contributed by atoms with E-state index in [1.807, 2.05) is 24.3 Å². The molecule has 1 aromatic carbocycles. The van der Waals surface area contributed by atoms with Crippen molar-refractivity contribution in [1.29, 1.82) is 0 Å². The largest absolute Gasteiger partial charge is 0.351 e. The van der Waals surface area contributed by atoms with Crippen LogP contribution in [0.1, 0.15) is 31.9 Å². The molecule has 0 unspecified atom stereocenters. The van der Waals surface area contributed by atoms with Crippen LogP contribution in [0.4, 0.5) is 0 Å². The van der Waals surface area contributed by atoms with Crippen LogP contribution in [-0.2, 0) is 17.9 Å². The van der Waals surface area contributed by atoms with Gasteiger partial charge in [-0.2, -0.15) is 5.10 Å². The van der Waals surface area contributed by atoms with Gasteiger partial charge in [-0.25, -0.2) is 9.67 Å². The summed E-state index contributed by atoms with van der Waals surface area (Å²) in [7, 11) is 0. The SMILES string of the molecule is CC(C)(C)SCC(=O)NCc1ccc(Cn2cncn2)cc1. The molecule has 0 aliphatic carbocycles. The van der Waals surface area contributed by atoms with Gasteiger partial charge in [0.05, 0.1) is 12.3 Å². The number of amides is 1. The number of thioether (sulfide) groups is 1. The average Bonchev–Trinajstić information content (AvgIpc) is 2.96. The molecule has 0 aliphatic rings. The van der Waals surface area contributed by atoms with Crippen LogP contribution in [0.15, 0.2) is 36.9 Å². The van der Waals surface area contributed by atoms with Gasteiger partial charge in [0.1, 0.15) is 12.7 Å². The molecular weight excluding hydrogens is 296 g/mol. The van der Waals surface area contributed by atoms with Crippen molar-refractivity contribution in [2.24, 2.45) is 0 Å². The topological polar surface area (TPSA) is 59.8 Å². The van der Waals surface area contributed by atoms with Gasteiger partial charge in [-0.3, -0.25) is 4.79 Å². The van der Waals surface area contributed by atoms with Gasteiger partial charge in [-0.15, -0.1) is 11.8 Å². The fraction of sp³-hybridized carbons (Fsp3) is 0.438. The Bertz CT molecular complexity index is 588. The van der Waals surface area contributed by atoms with E-state index in [4.69, 9.17) is 0 Å². The summed E-state index contributed by atoms with van der Waals surface area (Å²) in [5, 5.41) is 7.03. The van der Waals surface area contributed by atoms with Gasteiger partial charge in [0.25, 0.3) is 0 Å². The molecule has 5 nitrogen and oxygen atoms in total. The molecule has 0 aliphatic heterocycles. The highest BCUT2D eigenvalue weighted by molar-refractivity contribution is 8.01. The monoisotopic (exact) mass is 318 g/mol. The molecular formula is C16H22N4OS. The molecule has 0 saturated heterocycles. The van der Waals surface area contributed by atoms with Gasteiger partial charge in [0.2, 0.25) is 5.91 Å². The number of rotatable bonds is 6. The van der Waals surface area contributed by atoms with Gasteiger partial charge in [0, 0.05) is 11.3 Å². The van der Waals surface area contributed by atoms with E-state index in [-0.39, 0.29) is 10.7 Å². The Morgan fingerprint density at radius 1 is 1.23 bits per heavy atom. The van der Waals surface area contributed by atoms with Crippen LogP contribution in [0.25, 0.3) is 0 Å². The highest BCUT2D eigenvalue weighted by Gasteiger charge is 2.13. The number of benzene rings is 1. The van der Waals surface area contributed by atoms with Gasteiger partial charge in [-0.1, -0.05) is 45.0 Å². The van der Waals surface area contributed by atoms with E-state index in [0.717, 1.165) is 11.1 Å². The van der Waals surface area contributed by atoms with Crippen LogP contribution in [0.5, 0.6) is 0 Å². The lowest BCUT2D eigenvalue weighted by Crippen LogP contribution is -2.26. The zero-order valence-corrected chi connectivity index (χ0v) is 14.1. The number of nitrogens with one attached hydrogen (secondary N) is 1. The van der Waals surface area contributed by atoms with Crippen LogP contribution < -0.4 is 5.32 Å². The highest BCUT2D eigenvalue weighted by Crippen LogP contribution is 2.22. The maximum Gasteiger partial charge on any atom is 0.230 e. The highest BCUT2D eigenvalue weighted by atomic mass is 32.2. The van der Waals surface area contributed by atoms with Gasteiger partial charge >= 0.3 is 0 Å². The van der Waals surface area contributed by atoms with E-state index < -0.39 is 0 Å². The molecule has 1 amide bonds. The lowest BCUT2D eigenvalue weighted by atomic mass is 10.1. The van der Waals surface area contributed by atoms with Crippen LogP contribution in [0.3, 0.4) is 0 Å². The summed E-state index contributed by atoms with van der Waals surface area (Å²) in [5.41, 5.74) is 2.25. The van der Waals surface area contributed by atoms with Crippen LogP contribution in [0.2, 0.25) is 0 Å². The molecule has 0 radical (unpaired) electrons. The summed E-state index contributed by atoms with van der Waals surface area (Å²) < 4.78 is 1.89.